The highest BCUT2D eigenvalue weighted by Crippen LogP contribution is 2.25. The van der Waals surface area contributed by atoms with Crippen LogP contribution in [0.5, 0.6) is 0 Å². The molecule has 0 heterocycles. The predicted molar refractivity (Wildman–Crippen MR) is 83.4 cm³/mol. The SMILES string of the molecule is CCC(NC)C(C)c1ccc(-c2ccccc2)cc1. The molecule has 0 amide bonds. The smallest absolute Gasteiger partial charge is 0.0127 e. The maximum Gasteiger partial charge on any atom is 0.0127 e. The van der Waals surface area contributed by atoms with Gasteiger partial charge in [0.1, 0.15) is 0 Å². The van der Waals surface area contributed by atoms with Crippen molar-refractivity contribution in [1.82, 2.24) is 5.32 Å². The average molecular weight is 253 g/mol. The molecule has 100 valence electrons. The standard InChI is InChI=1S/C18H23N/c1-4-18(19-3)14(2)15-10-12-17(13-11-15)16-8-6-5-7-9-16/h5-14,18-19H,4H2,1-3H3. The van der Waals surface area contributed by atoms with E-state index < -0.39 is 0 Å². The highest BCUT2D eigenvalue weighted by Gasteiger charge is 2.15. The summed E-state index contributed by atoms with van der Waals surface area (Å²) in [7, 11) is 2.04. The van der Waals surface area contributed by atoms with Gasteiger partial charge < -0.3 is 5.32 Å². The van der Waals surface area contributed by atoms with Gasteiger partial charge in [-0.3, -0.25) is 0 Å². The van der Waals surface area contributed by atoms with Crippen LogP contribution in [0.4, 0.5) is 0 Å². The topological polar surface area (TPSA) is 12.0 Å². The van der Waals surface area contributed by atoms with Gasteiger partial charge in [-0.1, -0.05) is 68.4 Å². The molecule has 0 aliphatic rings. The van der Waals surface area contributed by atoms with Crippen molar-refractivity contribution in [2.24, 2.45) is 0 Å². The van der Waals surface area contributed by atoms with Crippen molar-refractivity contribution in [2.75, 3.05) is 7.05 Å². The minimum Gasteiger partial charge on any atom is -0.316 e. The molecule has 2 aromatic rings. The van der Waals surface area contributed by atoms with Gasteiger partial charge in [0.15, 0.2) is 0 Å². The molecule has 0 saturated heterocycles. The van der Waals surface area contributed by atoms with E-state index in [1.54, 1.807) is 0 Å². The van der Waals surface area contributed by atoms with Crippen LogP contribution in [-0.2, 0) is 0 Å². The Balaban J connectivity index is 2.19. The zero-order valence-corrected chi connectivity index (χ0v) is 12.1. The van der Waals surface area contributed by atoms with Crippen molar-refractivity contribution in [3.8, 4) is 11.1 Å². The third-order valence-electron chi connectivity index (χ3n) is 3.96. The zero-order valence-electron chi connectivity index (χ0n) is 12.1. The van der Waals surface area contributed by atoms with Crippen LogP contribution in [-0.4, -0.2) is 13.1 Å². The van der Waals surface area contributed by atoms with E-state index in [4.69, 9.17) is 0 Å². The third-order valence-corrected chi connectivity index (χ3v) is 3.96. The summed E-state index contributed by atoms with van der Waals surface area (Å²) in [5.41, 5.74) is 3.97. The highest BCUT2D eigenvalue weighted by molar-refractivity contribution is 5.63. The first-order valence-electron chi connectivity index (χ1n) is 7.09. The molecule has 2 unspecified atom stereocenters. The Kier molecular flexibility index (Phi) is 4.75. The van der Waals surface area contributed by atoms with E-state index in [9.17, 15) is 0 Å². The zero-order chi connectivity index (χ0) is 13.7. The van der Waals surface area contributed by atoms with Crippen molar-refractivity contribution in [3.05, 3.63) is 60.2 Å². The second-order valence-electron chi connectivity index (χ2n) is 5.08. The first-order chi connectivity index (χ1) is 9.26. The van der Waals surface area contributed by atoms with E-state index in [0.717, 1.165) is 6.42 Å². The Morgan fingerprint density at radius 1 is 0.895 bits per heavy atom. The van der Waals surface area contributed by atoms with Gasteiger partial charge in [0.05, 0.1) is 0 Å². The molecule has 0 aromatic heterocycles. The fourth-order valence-corrected chi connectivity index (χ4v) is 2.65. The van der Waals surface area contributed by atoms with Crippen LogP contribution in [0.25, 0.3) is 11.1 Å². The van der Waals surface area contributed by atoms with Crippen molar-refractivity contribution in [2.45, 2.75) is 32.2 Å². The van der Waals surface area contributed by atoms with Crippen molar-refractivity contribution in [1.29, 1.82) is 0 Å². The Hall–Kier alpha value is -1.60. The van der Waals surface area contributed by atoms with E-state index in [2.05, 4.69) is 73.8 Å². The number of likely N-dealkylation sites (N-methyl/N-ethyl adjacent to an activating group) is 1. The molecule has 0 bridgehead atoms. The molecule has 0 fully saturated rings. The van der Waals surface area contributed by atoms with Gasteiger partial charge in [-0.05, 0) is 36.1 Å². The number of nitrogens with one attached hydrogen (secondary N) is 1. The Bertz CT molecular complexity index is 483. The summed E-state index contributed by atoms with van der Waals surface area (Å²) in [5.74, 6) is 0.542. The van der Waals surface area contributed by atoms with Crippen LogP contribution in [0.3, 0.4) is 0 Å². The Labute approximate surface area is 116 Å². The summed E-state index contributed by atoms with van der Waals surface area (Å²) in [4.78, 5) is 0. The van der Waals surface area contributed by atoms with Crippen LogP contribution < -0.4 is 5.32 Å². The van der Waals surface area contributed by atoms with E-state index in [0.29, 0.717) is 12.0 Å². The molecular formula is C18H23N. The highest BCUT2D eigenvalue weighted by atomic mass is 14.9. The number of hydrogen-bond donors (Lipinski definition) is 1. The lowest BCUT2D eigenvalue weighted by molar-refractivity contribution is 0.473. The predicted octanol–water partition coefficient (Wildman–Crippen LogP) is 4.46. The maximum absolute atomic E-state index is 3.40. The summed E-state index contributed by atoms with van der Waals surface area (Å²) in [5, 5.41) is 3.40. The monoisotopic (exact) mass is 253 g/mol. The summed E-state index contributed by atoms with van der Waals surface area (Å²) < 4.78 is 0. The van der Waals surface area contributed by atoms with Crippen LogP contribution >= 0.6 is 0 Å². The molecule has 0 radical (unpaired) electrons. The molecule has 2 atom stereocenters. The van der Waals surface area contributed by atoms with Crippen LogP contribution in [0.15, 0.2) is 54.6 Å². The summed E-state index contributed by atoms with van der Waals surface area (Å²) in [6.07, 6.45) is 1.15. The Morgan fingerprint density at radius 2 is 1.47 bits per heavy atom. The lowest BCUT2D eigenvalue weighted by Gasteiger charge is -2.22. The lowest BCUT2D eigenvalue weighted by atomic mass is 9.90. The third kappa shape index (κ3) is 3.24. The molecule has 1 heteroatoms. The summed E-state index contributed by atoms with van der Waals surface area (Å²) >= 11 is 0. The van der Waals surface area contributed by atoms with E-state index in [1.165, 1.54) is 16.7 Å². The molecule has 0 aliphatic heterocycles. The molecule has 1 nitrogen and oxygen atoms in total. The fraction of sp³-hybridized carbons (Fsp3) is 0.333. The largest absolute Gasteiger partial charge is 0.316 e. The van der Waals surface area contributed by atoms with Crippen molar-refractivity contribution >= 4 is 0 Å². The van der Waals surface area contributed by atoms with Gasteiger partial charge in [-0.2, -0.15) is 0 Å². The molecule has 0 spiro atoms. The van der Waals surface area contributed by atoms with Gasteiger partial charge in [0.25, 0.3) is 0 Å². The van der Waals surface area contributed by atoms with E-state index in [-0.39, 0.29) is 0 Å². The van der Waals surface area contributed by atoms with Gasteiger partial charge >= 0.3 is 0 Å². The molecule has 19 heavy (non-hydrogen) atoms. The van der Waals surface area contributed by atoms with E-state index >= 15 is 0 Å². The minimum atomic E-state index is 0.542. The second kappa shape index (κ2) is 6.53. The first kappa shape index (κ1) is 13.8. The fourth-order valence-electron chi connectivity index (χ4n) is 2.65. The van der Waals surface area contributed by atoms with Gasteiger partial charge in [0, 0.05) is 6.04 Å². The lowest BCUT2D eigenvalue weighted by Crippen LogP contribution is -2.29. The molecule has 2 aromatic carbocycles. The van der Waals surface area contributed by atoms with Gasteiger partial charge in [-0.15, -0.1) is 0 Å². The summed E-state index contributed by atoms with van der Waals surface area (Å²) in [6, 6.07) is 20.0. The average Bonchev–Trinajstić information content (AvgIpc) is 2.49. The van der Waals surface area contributed by atoms with Crippen LogP contribution in [0.1, 0.15) is 31.7 Å². The van der Waals surface area contributed by atoms with Crippen LogP contribution in [0, 0.1) is 0 Å². The van der Waals surface area contributed by atoms with E-state index in [1.807, 2.05) is 7.05 Å². The number of rotatable bonds is 5. The molecule has 1 N–H and O–H groups in total. The maximum atomic E-state index is 3.40. The minimum absolute atomic E-state index is 0.542. The summed E-state index contributed by atoms with van der Waals surface area (Å²) in [6.45, 7) is 4.53. The van der Waals surface area contributed by atoms with Gasteiger partial charge in [-0.25, -0.2) is 0 Å². The molecule has 0 aliphatic carbocycles. The normalized spacial score (nSPS) is 14.1. The second-order valence-corrected chi connectivity index (χ2v) is 5.08. The van der Waals surface area contributed by atoms with Crippen LogP contribution in [0.2, 0.25) is 0 Å². The van der Waals surface area contributed by atoms with Crippen molar-refractivity contribution in [3.63, 3.8) is 0 Å². The molecule has 0 saturated carbocycles. The molecular weight excluding hydrogens is 230 g/mol. The number of hydrogen-bond acceptors (Lipinski definition) is 1. The van der Waals surface area contributed by atoms with Crippen molar-refractivity contribution < 1.29 is 0 Å². The quantitative estimate of drug-likeness (QED) is 0.830. The Morgan fingerprint density at radius 3 is 2.00 bits per heavy atom. The molecule has 2 rings (SSSR count). The number of benzene rings is 2. The first-order valence-corrected chi connectivity index (χ1v) is 7.09. The van der Waals surface area contributed by atoms with Gasteiger partial charge in [0.2, 0.25) is 0 Å².